The molecule has 1 saturated heterocycles. The molecule has 1 unspecified atom stereocenters. The molecule has 1 aliphatic carbocycles. The molecule has 2 aliphatic heterocycles. The molecule has 1 aromatic carbocycles. The normalized spacial score (nSPS) is 27.3. The molecule has 2 heterocycles. The van der Waals surface area contributed by atoms with Crippen molar-refractivity contribution in [2.24, 2.45) is 5.92 Å². The minimum Gasteiger partial charge on any atom is -0.331 e. The number of halogens is 2. The number of rotatable bonds is 3. The molecule has 3 aliphatic rings. The fourth-order valence-corrected chi connectivity index (χ4v) is 3.72. The molecular formula is C18H15F2N3O3. The molecule has 8 heteroatoms. The summed E-state index contributed by atoms with van der Waals surface area (Å²) in [5.41, 5.74) is -0.502. The van der Waals surface area contributed by atoms with E-state index in [1.54, 1.807) is 0 Å². The zero-order valence-corrected chi connectivity index (χ0v) is 13.6. The summed E-state index contributed by atoms with van der Waals surface area (Å²) in [6, 6.07) is 3.30. The highest BCUT2D eigenvalue weighted by Gasteiger charge is 2.53. The third-order valence-corrected chi connectivity index (χ3v) is 5.05. The number of hydrogen-bond acceptors (Lipinski definition) is 3. The molecule has 0 bridgehead atoms. The maximum absolute atomic E-state index is 13.4. The van der Waals surface area contributed by atoms with Crippen molar-refractivity contribution >= 4 is 17.8 Å². The summed E-state index contributed by atoms with van der Waals surface area (Å²) in [5.74, 6) is -2.42. The lowest BCUT2D eigenvalue weighted by Crippen LogP contribution is -2.59. The molecule has 6 nitrogen and oxygen atoms in total. The van der Waals surface area contributed by atoms with Gasteiger partial charge in [-0.05, 0) is 36.3 Å². The summed E-state index contributed by atoms with van der Waals surface area (Å²) in [6.07, 6.45) is 4.30. The van der Waals surface area contributed by atoms with E-state index in [4.69, 9.17) is 0 Å². The molecular weight excluding hydrogens is 344 g/mol. The van der Waals surface area contributed by atoms with Gasteiger partial charge in [0.05, 0.1) is 6.54 Å². The van der Waals surface area contributed by atoms with Crippen molar-refractivity contribution in [3.63, 3.8) is 0 Å². The first-order chi connectivity index (χ1) is 12.4. The Bertz CT molecular complexity index is 896. The fourth-order valence-electron chi connectivity index (χ4n) is 3.72. The summed E-state index contributed by atoms with van der Waals surface area (Å²) < 4.78 is 26.8. The zero-order valence-electron chi connectivity index (χ0n) is 13.6. The third kappa shape index (κ3) is 2.49. The van der Waals surface area contributed by atoms with E-state index in [2.05, 4.69) is 10.6 Å². The van der Waals surface area contributed by atoms with Crippen molar-refractivity contribution in [1.82, 2.24) is 15.5 Å². The Kier molecular flexibility index (Phi) is 3.64. The number of benzene rings is 1. The van der Waals surface area contributed by atoms with Crippen molar-refractivity contribution in [3.8, 4) is 0 Å². The van der Waals surface area contributed by atoms with E-state index in [9.17, 15) is 23.2 Å². The zero-order chi connectivity index (χ0) is 18.5. The molecule has 134 valence electrons. The van der Waals surface area contributed by atoms with E-state index < -0.39 is 40.9 Å². The number of carbonyl (C=O) groups is 3. The number of hydrogen-bond donors (Lipinski definition) is 2. The second-order valence-corrected chi connectivity index (χ2v) is 6.63. The van der Waals surface area contributed by atoms with E-state index in [0.717, 1.165) is 6.07 Å². The van der Waals surface area contributed by atoms with Gasteiger partial charge in [0, 0.05) is 18.0 Å². The van der Waals surface area contributed by atoms with Crippen LogP contribution in [0.4, 0.5) is 13.6 Å². The minimum absolute atomic E-state index is 0.0931. The Balaban J connectivity index is 1.65. The molecule has 0 spiro atoms. The highest BCUT2D eigenvalue weighted by Crippen LogP contribution is 2.33. The third-order valence-electron chi connectivity index (χ3n) is 5.05. The van der Waals surface area contributed by atoms with E-state index in [-0.39, 0.29) is 25.1 Å². The van der Waals surface area contributed by atoms with Crippen LogP contribution < -0.4 is 10.6 Å². The Morgan fingerprint density at radius 3 is 2.69 bits per heavy atom. The molecule has 1 aromatic rings. The summed E-state index contributed by atoms with van der Waals surface area (Å²) in [7, 11) is 0. The average Bonchev–Trinajstić information content (AvgIpc) is 3.06. The highest BCUT2D eigenvalue weighted by atomic mass is 19.1. The number of nitrogens with one attached hydrogen (secondary N) is 2. The Morgan fingerprint density at radius 2 is 2.04 bits per heavy atom. The molecule has 0 radical (unpaired) electrons. The van der Waals surface area contributed by atoms with E-state index in [1.165, 1.54) is 35.3 Å². The highest BCUT2D eigenvalue weighted by molar-refractivity contribution is 6.08. The van der Waals surface area contributed by atoms with Crippen molar-refractivity contribution in [3.05, 3.63) is 59.2 Å². The first kappa shape index (κ1) is 16.4. The Hall–Kier alpha value is -3.03. The number of nitrogens with zero attached hydrogens (tertiary/aromatic N) is 1. The van der Waals surface area contributed by atoms with Crippen molar-refractivity contribution in [1.29, 1.82) is 0 Å². The largest absolute Gasteiger partial charge is 0.331 e. The lowest BCUT2D eigenvalue weighted by atomic mass is 9.79. The van der Waals surface area contributed by atoms with Crippen LogP contribution in [0.2, 0.25) is 0 Å². The smallest absolute Gasteiger partial charge is 0.322 e. The predicted octanol–water partition coefficient (Wildman–Crippen LogP) is 1.79. The van der Waals surface area contributed by atoms with Gasteiger partial charge in [0.2, 0.25) is 0 Å². The molecule has 26 heavy (non-hydrogen) atoms. The molecule has 4 rings (SSSR count). The molecule has 1 fully saturated rings. The molecule has 4 amide bonds. The topological polar surface area (TPSA) is 78.5 Å². The monoisotopic (exact) mass is 359 g/mol. The van der Waals surface area contributed by atoms with E-state index >= 15 is 0 Å². The number of imide groups is 1. The SMILES string of the molecule is O=C1NC(=O)[C@](CN2Cc3ccc(F)cc3C2=O)(C2C=CC(F)=CC2)N1. The number of allylic oxidation sites excluding steroid dienone is 3. The fraction of sp³-hybridized carbons (Fsp3) is 0.278. The molecule has 0 saturated carbocycles. The predicted molar refractivity (Wildman–Crippen MR) is 87.0 cm³/mol. The Morgan fingerprint density at radius 1 is 1.23 bits per heavy atom. The summed E-state index contributed by atoms with van der Waals surface area (Å²) in [6.45, 7) is 0.115. The number of carbonyl (C=O) groups excluding carboxylic acids is 3. The minimum atomic E-state index is -1.40. The maximum Gasteiger partial charge on any atom is 0.322 e. The first-order valence-electron chi connectivity index (χ1n) is 8.14. The quantitative estimate of drug-likeness (QED) is 0.808. The van der Waals surface area contributed by atoms with Gasteiger partial charge in [0.25, 0.3) is 11.8 Å². The molecule has 2 atom stereocenters. The van der Waals surface area contributed by atoms with Crippen molar-refractivity contribution < 1.29 is 23.2 Å². The summed E-state index contributed by atoms with van der Waals surface area (Å²) in [5, 5.41) is 4.82. The van der Waals surface area contributed by atoms with Gasteiger partial charge in [-0.3, -0.25) is 14.9 Å². The molecule has 0 aromatic heterocycles. The van der Waals surface area contributed by atoms with Crippen LogP contribution in [-0.2, 0) is 11.3 Å². The van der Waals surface area contributed by atoms with Gasteiger partial charge in [-0.25, -0.2) is 13.6 Å². The standard InChI is InChI=1S/C18H15F2N3O3/c19-12-5-2-11(3-6-12)18(16(25)21-17(26)22-18)9-23-8-10-1-4-13(20)7-14(10)15(23)24/h1-2,4-7,11H,3,8-9H2,(H2,21,22,25,26)/t11?,18-/m0/s1. The second-order valence-electron chi connectivity index (χ2n) is 6.63. The molecule has 2 N–H and O–H groups in total. The van der Waals surface area contributed by atoms with Crippen LogP contribution in [0, 0.1) is 11.7 Å². The van der Waals surface area contributed by atoms with Gasteiger partial charge in [0.15, 0.2) is 0 Å². The average molecular weight is 359 g/mol. The van der Waals surface area contributed by atoms with Gasteiger partial charge in [0.1, 0.15) is 17.2 Å². The number of urea groups is 1. The second kappa shape index (κ2) is 5.76. The van der Waals surface area contributed by atoms with Crippen LogP contribution >= 0.6 is 0 Å². The van der Waals surface area contributed by atoms with E-state index in [0.29, 0.717) is 5.56 Å². The van der Waals surface area contributed by atoms with Gasteiger partial charge in [-0.15, -0.1) is 0 Å². The van der Waals surface area contributed by atoms with Crippen LogP contribution in [0.15, 0.2) is 42.3 Å². The van der Waals surface area contributed by atoms with Gasteiger partial charge in [-0.1, -0.05) is 12.1 Å². The lowest BCUT2D eigenvalue weighted by Gasteiger charge is -2.36. The van der Waals surface area contributed by atoms with Crippen LogP contribution in [0.3, 0.4) is 0 Å². The van der Waals surface area contributed by atoms with Gasteiger partial charge < -0.3 is 10.2 Å². The summed E-state index contributed by atoms with van der Waals surface area (Å²) in [4.78, 5) is 38.4. The van der Waals surface area contributed by atoms with E-state index in [1.807, 2.05) is 0 Å². The Labute approximate surface area is 147 Å². The maximum atomic E-state index is 13.4. The number of amides is 4. The van der Waals surface area contributed by atoms with Gasteiger partial charge >= 0.3 is 6.03 Å². The lowest BCUT2D eigenvalue weighted by molar-refractivity contribution is -0.125. The summed E-state index contributed by atoms with van der Waals surface area (Å²) >= 11 is 0. The van der Waals surface area contributed by atoms with Crippen LogP contribution in [0.25, 0.3) is 0 Å². The van der Waals surface area contributed by atoms with Crippen molar-refractivity contribution in [2.45, 2.75) is 18.5 Å². The van der Waals surface area contributed by atoms with Crippen LogP contribution in [-0.4, -0.2) is 34.8 Å². The van der Waals surface area contributed by atoms with Crippen LogP contribution in [0.1, 0.15) is 22.3 Å². The van der Waals surface area contributed by atoms with Crippen molar-refractivity contribution in [2.75, 3.05) is 6.54 Å². The number of fused-ring (bicyclic) bond motifs is 1. The van der Waals surface area contributed by atoms with Gasteiger partial charge in [-0.2, -0.15) is 0 Å². The van der Waals surface area contributed by atoms with Crippen LogP contribution in [0.5, 0.6) is 0 Å². The first-order valence-corrected chi connectivity index (χ1v) is 8.14.